The molecule has 0 bridgehead atoms. The number of rotatable bonds is 5. The molecule has 0 saturated carbocycles. The average Bonchev–Trinajstić information content (AvgIpc) is 2.68. The molecule has 4 N–H and O–H groups in total. The van der Waals surface area contributed by atoms with E-state index in [0.717, 1.165) is 5.56 Å². The van der Waals surface area contributed by atoms with Gasteiger partial charge in [-0.25, -0.2) is 0 Å². The Kier molecular flexibility index (Phi) is 4.65. The van der Waals surface area contributed by atoms with Crippen molar-refractivity contribution in [2.45, 2.75) is 31.1 Å². The van der Waals surface area contributed by atoms with Crippen LogP contribution in [-0.4, -0.2) is 46.5 Å². The molecule has 6 heteroatoms. The summed E-state index contributed by atoms with van der Waals surface area (Å²) in [5.41, 5.74) is 3.68. The van der Waals surface area contributed by atoms with Gasteiger partial charge in [0.15, 0.2) is 0 Å². The van der Waals surface area contributed by atoms with Crippen molar-refractivity contribution in [3.05, 3.63) is 35.9 Å². The van der Waals surface area contributed by atoms with Crippen LogP contribution in [0, 0.1) is 0 Å². The zero-order chi connectivity index (χ0) is 13.0. The van der Waals surface area contributed by atoms with E-state index in [2.05, 4.69) is 5.48 Å². The predicted molar refractivity (Wildman–Crippen MR) is 62.1 cm³/mol. The van der Waals surface area contributed by atoms with Gasteiger partial charge in [0.05, 0.1) is 6.61 Å². The first kappa shape index (κ1) is 13.4. The summed E-state index contributed by atoms with van der Waals surface area (Å²) in [6, 6.07) is 9.57. The first-order valence-corrected chi connectivity index (χ1v) is 5.77. The van der Waals surface area contributed by atoms with Gasteiger partial charge in [0.25, 0.3) is 0 Å². The van der Waals surface area contributed by atoms with Crippen LogP contribution in [0.2, 0.25) is 0 Å². The Bertz CT molecular complexity index is 361. The number of hydrogen-bond acceptors (Lipinski definition) is 6. The van der Waals surface area contributed by atoms with E-state index in [0.29, 0.717) is 6.54 Å². The highest BCUT2D eigenvalue weighted by molar-refractivity contribution is 5.13. The molecule has 1 aliphatic rings. The Morgan fingerprint density at radius 2 is 1.89 bits per heavy atom. The fourth-order valence-corrected chi connectivity index (χ4v) is 1.77. The minimum absolute atomic E-state index is 0.364. The number of hydroxylamine groups is 1. The second kappa shape index (κ2) is 6.24. The first-order chi connectivity index (χ1) is 8.72. The van der Waals surface area contributed by atoms with E-state index in [9.17, 15) is 10.2 Å². The van der Waals surface area contributed by atoms with Gasteiger partial charge in [-0.2, -0.15) is 5.48 Å². The molecule has 0 spiro atoms. The van der Waals surface area contributed by atoms with Crippen LogP contribution in [0.4, 0.5) is 0 Å². The van der Waals surface area contributed by atoms with E-state index in [1.54, 1.807) is 0 Å². The monoisotopic (exact) mass is 255 g/mol. The van der Waals surface area contributed by atoms with Crippen molar-refractivity contribution in [3.63, 3.8) is 0 Å². The molecule has 6 nitrogen and oxygen atoms in total. The predicted octanol–water partition coefficient (Wildman–Crippen LogP) is -0.853. The Morgan fingerprint density at radius 3 is 2.50 bits per heavy atom. The maximum atomic E-state index is 9.61. The molecule has 1 unspecified atom stereocenters. The number of benzene rings is 1. The number of hydrogen-bond donors (Lipinski definition) is 4. The van der Waals surface area contributed by atoms with Crippen LogP contribution in [0.15, 0.2) is 30.3 Å². The van der Waals surface area contributed by atoms with Crippen molar-refractivity contribution in [1.29, 1.82) is 0 Å². The van der Waals surface area contributed by atoms with Crippen LogP contribution >= 0.6 is 0 Å². The van der Waals surface area contributed by atoms with Crippen LogP contribution in [-0.2, 0) is 16.1 Å². The lowest BCUT2D eigenvalue weighted by Gasteiger charge is -2.15. The van der Waals surface area contributed by atoms with Crippen molar-refractivity contribution in [2.75, 3.05) is 6.61 Å². The summed E-state index contributed by atoms with van der Waals surface area (Å²) < 4.78 is 5.14. The standard InChI is InChI=1S/C12H17NO5/c14-7-9-10(15)11(16)12(17-9)18-13-6-8-4-2-1-3-5-8/h1-5,9-16H,6-7H2/t9-,10-,11-,12?/m1/s1. The molecule has 0 aliphatic carbocycles. The summed E-state index contributed by atoms with van der Waals surface area (Å²) in [6.45, 7) is 0.0874. The van der Waals surface area contributed by atoms with Gasteiger partial charge in [0.1, 0.15) is 18.3 Å². The van der Waals surface area contributed by atoms with Gasteiger partial charge in [-0.15, -0.1) is 0 Å². The van der Waals surface area contributed by atoms with Crippen molar-refractivity contribution >= 4 is 0 Å². The largest absolute Gasteiger partial charge is 0.394 e. The molecular formula is C12H17NO5. The number of nitrogens with one attached hydrogen (secondary N) is 1. The van der Waals surface area contributed by atoms with E-state index < -0.39 is 24.6 Å². The molecule has 1 aliphatic heterocycles. The van der Waals surface area contributed by atoms with Crippen molar-refractivity contribution in [3.8, 4) is 0 Å². The van der Waals surface area contributed by atoms with E-state index in [1.165, 1.54) is 0 Å². The summed E-state index contributed by atoms with van der Waals surface area (Å²) in [4.78, 5) is 5.13. The van der Waals surface area contributed by atoms with Gasteiger partial charge in [-0.3, -0.25) is 4.84 Å². The topological polar surface area (TPSA) is 91.2 Å². The lowest BCUT2D eigenvalue weighted by Crippen LogP contribution is -2.36. The SMILES string of the molecule is OC[C@H]1OC(ONCc2ccccc2)[C@H](O)[C@@H]1O. The molecular weight excluding hydrogens is 238 g/mol. The Balaban J connectivity index is 1.77. The zero-order valence-electron chi connectivity index (χ0n) is 9.77. The molecule has 1 saturated heterocycles. The minimum Gasteiger partial charge on any atom is -0.394 e. The molecule has 2 rings (SSSR count). The fraction of sp³-hybridized carbons (Fsp3) is 0.500. The quantitative estimate of drug-likeness (QED) is 0.512. The lowest BCUT2D eigenvalue weighted by atomic mass is 10.1. The maximum Gasteiger partial charge on any atom is 0.206 e. The second-order valence-corrected chi connectivity index (χ2v) is 4.13. The van der Waals surface area contributed by atoms with Gasteiger partial charge in [0, 0.05) is 6.54 Å². The molecule has 1 aromatic rings. The molecule has 18 heavy (non-hydrogen) atoms. The number of aliphatic hydroxyl groups excluding tert-OH is 3. The molecule has 1 heterocycles. The summed E-state index contributed by atoms with van der Waals surface area (Å²) >= 11 is 0. The first-order valence-electron chi connectivity index (χ1n) is 5.77. The van der Waals surface area contributed by atoms with Crippen LogP contribution in [0.5, 0.6) is 0 Å². The van der Waals surface area contributed by atoms with Crippen molar-refractivity contribution in [2.24, 2.45) is 0 Å². The lowest BCUT2D eigenvalue weighted by molar-refractivity contribution is -0.203. The van der Waals surface area contributed by atoms with E-state index >= 15 is 0 Å². The number of ether oxygens (including phenoxy) is 1. The Hall–Kier alpha value is -1.02. The molecule has 0 amide bonds. The van der Waals surface area contributed by atoms with Crippen LogP contribution < -0.4 is 5.48 Å². The summed E-state index contributed by atoms with van der Waals surface area (Å²) in [5.74, 6) is 0. The third-order valence-electron chi connectivity index (χ3n) is 2.82. The normalized spacial score (nSPS) is 31.7. The molecule has 4 atom stereocenters. The highest BCUT2D eigenvalue weighted by Crippen LogP contribution is 2.21. The fourth-order valence-electron chi connectivity index (χ4n) is 1.77. The smallest absolute Gasteiger partial charge is 0.206 e. The van der Waals surface area contributed by atoms with Gasteiger partial charge in [-0.1, -0.05) is 30.3 Å². The third-order valence-corrected chi connectivity index (χ3v) is 2.82. The minimum atomic E-state index is -1.18. The van der Waals surface area contributed by atoms with Crippen LogP contribution in [0.25, 0.3) is 0 Å². The van der Waals surface area contributed by atoms with Crippen molar-refractivity contribution < 1.29 is 24.9 Å². The molecule has 0 radical (unpaired) electrons. The van der Waals surface area contributed by atoms with Crippen LogP contribution in [0.3, 0.4) is 0 Å². The summed E-state index contributed by atoms with van der Waals surface area (Å²) in [6.07, 6.45) is -4.12. The van der Waals surface area contributed by atoms with Gasteiger partial charge >= 0.3 is 0 Å². The van der Waals surface area contributed by atoms with Crippen LogP contribution in [0.1, 0.15) is 5.56 Å². The van der Waals surface area contributed by atoms with E-state index in [1.807, 2.05) is 30.3 Å². The molecule has 0 aromatic heterocycles. The molecule has 1 fully saturated rings. The van der Waals surface area contributed by atoms with Gasteiger partial charge in [-0.05, 0) is 5.56 Å². The van der Waals surface area contributed by atoms with Gasteiger partial charge in [0.2, 0.25) is 6.29 Å². The summed E-state index contributed by atoms with van der Waals surface area (Å²) in [5, 5.41) is 28.0. The highest BCUT2D eigenvalue weighted by atomic mass is 16.8. The Labute approximate surface area is 105 Å². The van der Waals surface area contributed by atoms with E-state index in [-0.39, 0.29) is 6.61 Å². The summed E-state index contributed by atoms with van der Waals surface area (Å²) in [7, 11) is 0. The second-order valence-electron chi connectivity index (χ2n) is 4.13. The van der Waals surface area contributed by atoms with Crippen molar-refractivity contribution in [1.82, 2.24) is 5.48 Å². The zero-order valence-corrected chi connectivity index (χ0v) is 9.77. The third kappa shape index (κ3) is 3.05. The van der Waals surface area contributed by atoms with Gasteiger partial charge < -0.3 is 20.1 Å². The number of aliphatic hydroxyl groups is 3. The highest BCUT2D eigenvalue weighted by Gasteiger charge is 2.43. The maximum absolute atomic E-state index is 9.61. The molecule has 1 aromatic carbocycles. The van der Waals surface area contributed by atoms with E-state index in [4.69, 9.17) is 14.7 Å². The average molecular weight is 255 g/mol. The Morgan fingerprint density at radius 1 is 1.17 bits per heavy atom. The molecule has 100 valence electrons.